The van der Waals surface area contributed by atoms with Crippen LogP contribution in [0.2, 0.25) is 0 Å². The van der Waals surface area contributed by atoms with Crippen LogP contribution in [0.3, 0.4) is 0 Å². The van der Waals surface area contributed by atoms with Gasteiger partial charge in [0.25, 0.3) is 7.82 Å². The molecule has 10 heteroatoms. The highest BCUT2D eigenvalue weighted by Crippen LogP contribution is 2.38. The number of phosphoric acid groups is 1. The van der Waals surface area contributed by atoms with Gasteiger partial charge in [-0.3, -0.25) is 14.2 Å². The van der Waals surface area contributed by atoms with Gasteiger partial charge in [-0.25, -0.2) is 0 Å². The van der Waals surface area contributed by atoms with Crippen molar-refractivity contribution in [2.75, 3.05) is 47.5 Å². The summed E-state index contributed by atoms with van der Waals surface area (Å²) in [7, 11) is 1.19. The number of hydrogen-bond acceptors (Lipinski definition) is 8. The van der Waals surface area contributed by atoms with E-state index in [1.807, 2.05) is 21.1 Å². The van der Waals surface area contributed by atoms with Gasteiger partial charge < -0.3 is 27.9 Å². The lowest BCUT2D eigenvalue weighted by Crippen LogP contribution is -2.37. The number of carbonyl (C=O) groups excluding carboxylic acids is 2. The highest BCUT2D eigenvalue weighted by Gasteiger charge is 2.23. The number of hydrogen-bond donors (Lipinski definition) is 0. The van der Waals surface area contributed by atoms with Crippen LogP contribution in [-0.4, -0.2) is 70.0 Å². The number of rotatable bonds is 60. The lowest BCUT2D eigenvalue weighted by molar-refractivity contribution is -0.870. The molecule has 74 heavy (non-hydrogen) atoms. The highest BCUT2D eigenvalue weighted by atomic mass is 31.2. The predicted molar refractivity (Wildman–Crippen MR) is 315 cm³/mol. The fourth-order valence-electron chi connectivity index (χ4n) is 10.4. The van der Waals surface area contributed by atoms with Gasteiger partial charge in [-0.1, -0.05) is 310 Å². The van der Waals surface area contributed by atoms with Crippen molar-refractivity contribution in [1.82, 2.24) is 0 Å². The second-order valence-corrected chi connectivity index (χ2v) is 25.5. The molecule has 0 radical (unpaired) electrons. The summed E-state index contributed by atoms with van der Waals surface area (Å²) in [4.78, 5) is 39.8. The Hall–Kier alpha value is -0.990. The van der Waals surface area contributed by atoms with Gasteiger partial charge in [0.05, 0.1) is 27.7 Å². The van der Waals surface area contributed by atoms with E-state index in [4.69, 9.17) is 18.5 Å². The molecule has 0 rings (SSSR count). The van der Waals surface area contributed by atoms with Crippen LogP contribution in [0.1, 0.15) is 336 Å². The van der Waals surface area contributed by atoms with Gasteiger partial charge >= 0.3 is 11.9 Å². The number of phosphoric ester groups is 1. The Morgan fingerprint density at radius 3 is 0.973 bits per heavy atom. The van der Waals surface area contributed by atoms with Crippen molar-refractivity contribution in [1.29, 1.82) is 0 Å². The lowest BCUT2D eigenvalue weighted by atomic mass is 9.90. The molecule has 0 bridgehead atoms. The minimum Gasteiger partial charge on any atom is -0.756 e. The molecule has 0 fully saturated rings. The molecule has 0 aliphatic rings. The van der Waals surface area contributed by atoms with Crippen molar-refractivity contribution in [2.24, 2.45) is 11.8 Å². The normalized spacial score (nSPS) is 13.3. The Labute approximate surface area is 461 Å². The maximum Gasteiger partial charge on any atom is 0.306 e. The highest BCUT2D eigenvalue weighted by molar-refractivity contribution is 7.45. The molecule has 0 saturated heterocycles. The zero-order valence-corrected chi connectivity index (χ0v) is 51.6. The molecule has 0 saturated carbocycles. The minimum atomic E-state index is -4.68. The number of quaternary nitrogens is 1. The monoisotopic (exact) mass is 1070 g/mol. The van der Waals surface area contributed by atoms with E-state index in [0.29, 0.717) is 29.3 Å². The molecule has 0 amide bonds. The van der Waals surface area contributed by atoms with E-state index in [-0.39, 0.29) is 25.6 Å². The van der Waals surface area contributed by atoms with E-state index < -0.39 is 26.5 Å². The summed E-state index contributed by atoms with van der Waals surface area (Å²) in [6, 6.07) is 0. The van der Waals surface area contributed by atoms with Crippen molar-refractivity contribution in [2.45, 2.75) is 342 Å². The van der Waals surface area contributed by atoms with Gasteiger partial charge in [-0.15, -0.1) is 0 Å². The first-order valence-electron chi connectivity index (χ1n) is 32.6. The Bertz CT molecular complexity index is 1200. The molecular formula is C64H128NO8P. The topological polar surface area (TPSA) is 111 Å². The first-order valence-corrected chi connectivity index (χ1v) is 34.1. The summed E-state index contributed by atoms with van der Waals surface area (Å²) in [5.41, 5.74) is 0. The van der Waals surface area contributed by atoms with Crippen LogP contribution in [0.25, 0.3) is 0 Å². The molecule has 0 N–H and O–H groups in total. The third kappa shape index (κ3) is 54.4. The zero-order chi connectivity index (χ0) is 54.5. The number of likely N-dealkylation sites (N-methyl/N-ethyl adjacent to an activating group) is 1. The molecule has 0 aliphatic carbocycles. The minimum absolute atomic E-state index is 0.0252. The van der Waals surface area contributed by atoms with Gasteiger partial charge in [0.15, 0.2) is 6.10 Å². The molecule has 0 aromatic carbocycles. The quantitative estimate of drug-likeness (QED) is 0.0256. The molecule has 0 aromatic rings. The fourth-order valence-corrected chi connectivity index (χ4v) is 11.2. The van der Waals surface area contributed by atoms with Crippen molar-refractivity contribution in [3.8, 4) is 0 Å². The number of carbonyl (C=O) groups is 2. The molecule has 2 atom stereocenters. The van der Waals surface area contributed by atoms with Crippen LogP contribution in [0, 0.1) is 11.8 Å². The molecule has 0 heterocycles. The van der Waals surface area contributed by atoms with Crippen LogP contribution >= 0.6 is 7.82 Å². The Morgan fingerprint density at radius 1 is 0.392 bits per heavy atom. The molecule has 0 aliphatic heterocycles. The summed E-state index contributed by atoms with van der Waals surface area (Å²) < 4.78 is 35.6. The van der Waals surface area contributed by atoms with Gasteiger partial charge in [-0.2, -0.15) is 0 Å². The van der Waals surface area contributed by atoms with Gasteiger partial charge in [0.2, 0.25) is 0 Å². The number of nitrogens with zero attached hydrogens (tertiary/aromatic N) is 1. The first kappa shape index (κ1) is 73.0. The second-order valence-electron chi connectivity index (χ2n) is 24.1. The summed E-state index contributed by atoms with van der Waals surface area (Å²) in [5, 5.41) is 0. The van der Waals surface area contributed by atoms with Crippen LogP contribution in [0.4, 0.5) is 0 Å². The van der Waals surface area contributed by atoms with Gasteiger partial charge in [-0.05, 0) is 24.7 Å². The van der Waals surface area contributed by atoms with Crippen molar-refractivity contribution >= 4 is 19.8 Å². The fraction of sp³-hybridized carbons (Fsp3) is 0.969. The standard InChI is InChI=1S/C64H128NO8P/c1-8-12-16-20-24-28-32-36-40-44-48-60(49-45-41-37-33-29-25-21-17-13-9-2)52-54-63(66)70-58-62(59-72-74(68,69)71-57-56-65(5,6)7)73-64(67)55-53-61(50-46-42-38-34-30-26-22-18-14-10-3)51-47-43-39-35-31-27-23-19-15-11-4/h60-62H,8-59H2,1-7H3/t62-/m1/s1. The van der Waals surface area contributed by atoms with Crippen LogP contribution in [-0.2, 0) is 32.7 Å². The number of unbranched alkanes of at least 4 members (excludes halogenated alkanes) is 36. The SMILES string of the molecule is CCCCCCCCCCCCC(CCCCCCCCCCCC)CCC(=O)OC[C@H](COP(=O)([O-])OCC[N+](C)(C)C)OC(=O)CCC(CCCCCCCCCCCC)CCCCCCCCCCCC. The molecular weight excluding hydrogens is 942 g/mol. The van der Waals surface area contributed by atoms with Crippen LogP contribution < -0.4 is 4.89 Å². The molecule has 1 unspecified atom stereocenters. The van der Waals surface area contributed by atoms with Crippen molar-refractivity contribution < 1.29 is 42.1 Å². The molecule has 0 aromatic heterocycles. The van der Waals surface area contributed by atoms with Crippen LogP contribution in [0.5, 0.6) is 0 Å². The van der Waals surface area contributed by atoms with Crippen molar-refractivity contribution in [3.63, 3.8) is 0 Å². The third-order valence-electron chi connectivity index (χ3n) is 15.5. The third-order valence-corrected chi connectivity index (χ3v) is 16.5. The summed E-state index contributed by atoms with van der Waals surface area (Å²) >= 11 is 0. The lowest BCUT2D eigenvalue weighted by Gasteiger charge is -2.28. The summed E-state index contributed by atoms with van der Waals surface area (Å²) in [6.07, 6.45) is 58.0. The average Bonchev–Trinajstić information content (AvgIpc) is 3.36. The number of esters is 2. The Kier molecular flexibility index (Phi) is 53.3. The smallest absolute Gasteiger partial charge is 0.306 e. The summed E-state index contributed by atoms with van der Waals surface area (Å²) in [6.45, 7) is 8.84. The van der Waals surface area contributed by atoms with E-state index in [0.717, 1.165) is 38.5 Å². The molecule has 9 nitrogen and oxygen atoms in total. The zero-order valence-electron chi connectivity index (χ0n) is 50.7. The maximum absolute atomic E-state index is 13.6. The van der Waals surface area contributed by atoms with E-state index in [1.54, 1.807) is 0 Å². The van der Waals surface area contributed by atoms with Crippen molar-refractivity contribution in [3.05, 3.63) is 0 Å². The average molecular weight is 1070 g/mol. The van der Waals surface area contributed by atoms with E-state index in [9.17, 15) is 19.0 Å². The maximum atomic E-state index is 13.6. The first-order chi connectivity index (χ1) is 35.9. The molecule has 442 valence electrons. The Balaban J connectivity index is 5.52. The van der Waals surface area contributed by atoms with E-state index in [2.05, 4.69) is 27.7 Å². The van der Waals surface area contributed by atoms with Gasteiger partial charge in [0, 0.05) is 12.8 Å². The number of ether oxygens (including phenoxy) is 2. The molecule has 0 spiro atoms. The summed E-state index contributed by atoms with van der Waals surface area (Å²) in [5.74, 6) is 0.194. The second kappa shape index (κ2) is 54.0. The van der Waals surface area contributed by atoms with Gasteiger partial charge in [0.1, 0.15) is 19.8 Å². The van der Waals surface area contributed by atoms with Crippen LogP contribution in [0.15, 0.2) is 0 Å². The predicted octanol–water partition coefficient (Wildman–Crippen LogP) is 19.7. The largest absolute Gasteiger partial charge is 0.756 e. The Morgan fingerprint density at radius 2 is 0.676 bits per heavy atom. The van der Waals surface area contributed by atoms with E-state index in [1.165, 1.54) is 257 Å². The van der Waals surface area contributed by atoms with E-state index >= 15 is 0 Å².